The van der Waals surface area contributed by atoms with Crippen molar-refractivity contribution in [2.45, 2.75) is 174 Å². The second-order valence-corrected chi connectivity index (χ2v) is 31.6. The summed E-state index contributed by atoms with van der Waals surface area (Å²) in [7, 11) is 0. The predicted molar refractivity (Wildman–Crippen MR) is 405 cm³/mol. The van der Waals surface area contributed by atoms with E-state index >= 15 is 0 Å². The summed E-state index contributed by atoms with van der Waals surface area (Å²) in [4.78, 5) is 40.5. The van der Waals surface area contributed by atoms with Crippen LogP contribution in [0.1, 0.15) is 181 Å². The third kappa shape index (κ3) is 16.7. The quantitative estimate of drug-likeness (QED) is 0.0609. The van der Waals surface area contributed by atoms with Crippen molar-refractivity contribution in [2.75, 3.05) is 0 Å². The fraction of sp³-hybridized carbons (Fsp3) is 0.352. The first kappa shape index (κ1) is 72.4. The van der Waals surface area contributed by atoms with Gasteiger partial charge in [-0.25, -0.2) is 14.4 Å². The van der Waals surface area contributed by atoms with Gasteiger partial charge in [-0.1, -0.05) is 143 Å². The van der Waals surface area contributed by atoms with Crippen molar-refractivity contribution in [1.29, 1.82) is 0 Å². The lowest BCUT2D eigenvalue weighted by atomic mass is 9.86. The highest BCUT2D eigenvalue weighted by Gasteiger charge is 2.43. The van der Waals surface area contributed by atoms with Crippen LogP contribution in [0, 0.1) is 80.0 Å². The van der Waals surface area contributed by atoms with Gasteiger partial charge in [-0.15, -0.1) is 0 Å². The molecule has 3 aliphatic rings. The van der Waals surface area contributed by atoms with Crippen LogP contribution < -0.4 is 0 Å². The number of halogens is 3. The van der Waals surface area contributed by atoms with E-state index < -0.39 is 58.6 Å². The van der Waals surface area contributed by atoms with Gasteiger partial charge in [0.15, 0.2) is 18.3 Å². The van der Waals surface area contributed by atoms with E-state index in [0.29, 0.717) is 57.4 Å². The average Bonchev–Trinajstić information content (AvgIpc) is 1.51. The van der Waals surface area contributed by atoms with Crippen LogP contribution in [-0.2, 0) is 28.6 Å². The number of ether oxygens (including phenoxy) is 3. The SMILES string of the molecule is Cc1cc2ccc(C#CC3CC3CC(C)(C)OC(C(=O)O)c3c(C)cc4ccc(C#CC5CCC(CC(C)(C)OC(C(=O)O)c6c(C)cc7ccc(C#CC8(O)CCCC8)cc7c6-c6ccc(Cl)cc6)C5)cc4c3-c3ccc(Cl)cc3)cc2c(-c2ccc(Cl)cc2)c1C(OC(C)(C)C)C(=O)O. The van der Waals surface area contributed by atoms with E-state index in [1.165, 1.54) is 0 Å². The standard InChI is InChI=1S/C88H85Cl3O10/c1-51-41-64-23-19-56(46-71(64)76(59-25-31-67(89)32-26-59)73(51)79(82(92)93)99-85(4,5)6)17-21-62-48-66(62)50-87(9,10)101-81(84(96)97)75-53(3)42-63-22-18-55(45-70(63)77(75)60-27-33-68(90)34-28-60)14-13-54-15-16-58(44-54)49-86(7,8)100-80(83(94)95)74-52(2)43-65-24-20-57(37-40-88(98)38-11-12-39-88)47-72(65)78(74)61-29-35-69(91)36-30-61/h18-20,22-36,41-43,45-47,54,58,62,66,79-81,98H,11-12,15-16,38-39,44,48-50H2,1-10H3,(H,92,93)(H,94,95)(H,96,97). The van der Waals surface area contributed by atoms with Crippen LogP contribution in [-0.4, -0.2) is 60.7 Å². The molecule has 0 amide bonds. The lowest BCUT2D eigenvalue weighted by Crippen LogP contribution is -2.33. The molecule has 4 N–H and O–H groups in total. The summed E-state index contributed by atoms with van der Waals surface area (Å²) in [6.07, 6.45) is 3.79. The summed E-state index contributed by atoms with van der Waals surface area (Å²) in [6.45, 7) is 19.2. The Morgan fingerprint density at radius 2 is 0.861 bits per heavy atom. The fourth-order valence-corrected chi connectivity index (χ4v) is 15.9. The number of carboxylic acid groups (broad SMARTS) is 3. The average molecular weight is 1410 g/mol. The van der Waals surface area contributed by atoms with Crippen LogP contribution in [0.5, 0.6) is 0 Å². The van der Waals surface area contributed by atoms with Gasteiger partial charge in [-0.2, -0.15) is 0 Å². The van der Waals surface area contributed by atoms with E-state index in [0.717, 1.165) is 138 Å². The van der Waals surface area contributed by atoms with Crippen molar-refractivity contribution in [3.05, 3.63) is 211 Å². The summed E-state index contributed by atoms with van der Waals surface area (Å²) in [5.74, 6) is 17.6. The van der Waals surface area contributed by atoms with Crippen molar-refractivity contribution in [2.24, 2.45) is 23.7 Å². The molecule has 3 aliphatic carbocycles. The van der Waals surface area contributed by atoms with Gasteiger partial charge in [0.2, 0.25) is 0 Å². The number of carbonyl (C=O) groups is 3. The Labute approximate surface area is 607 Å². The van der Waals surface area contributed by atoms with Gasteiger partial charge in [-0.05, 0) is 300 Å². The van der Waals surface area contributed by atoms with Crippen molar-refractivity contribution < 1.29 is 49.0 Å². The number of carboxylic acids is 3. The number of aryl methyl sites for hydroxylation is 3. The molecule has 9 aromatic rings. The van der Waals surface area contributed by atoms with Crippen LogP contribution in [0.4, 0.5) is 0 Å². The molecule has 9 aromatic carbocycles. The van der Waals surface area contributed by atoms with E-state index in [1.807, 2.05) is 191 Å². The van der Waals surface area contributed by atoms with Crippen molar-refractivity contribution in [1.82, 2.24) is 0 Å². The molecule has 101 heavy (non-hydrogen) atoms. The molecule has 10 nitrogen and oxygen atoms in total. The van der Waals surface area contributed by atoms with Gasteiger partial charge < -0.3 is 34.6 Å². The van der Waals surface area contributed by atoms with E-state index in [1.54, 1.807) is 24.3 Å². The molecule has 518 valence electrons. The minimum atomic E-state index is -1.35. The Kier molecular flexibility index (Phi) is 20.9. The first-order valence-electron chi connectivity index (χ1n) is 34.9. The maximum Gasteiger partial charge on any atom is 0.337 e. The number of hydrogen-bond donors (Lipinski definition) is 4. The molecule has 7 unspecified atom stereocenters. The Hall–Kier alpha value is -8.44. The largest absolute Gasteiger partial charge is 0.479 e. The number of aliphatic hydroxyl groups is 1. The Morgan fingerprint density at radius 1 is 0.485 bits per heavy atom. The van der Waals surface area contributed by atoms with Crippen LogP contribution in [0.2, 0.25) is 15.1 Å². The monoisotopic (exact) mass is 1410 g/mol. The van der Waals surface area contributed by atoms with Gasteiger partial charge in [-0.3, -0.25) is 0 Å². The third-order valence-corrected chi connectivity index (χ3v) is 20.8. The molecule has 7 atom stereocenters. The smallest absolute Gasteiger partial charge is 0.337 e. The van der Waals surface area contributed by atoms with Gasteiger partial charge in [0.1, 0.15) is 5.60 Å². The number of benzene rings is 9. The molecule has 3 fully saturated rings. The molecule has 0 aromatic heterocycles. The first-order valence-corrected chi connectivity index (χ1v) is 36.0. The lowest BCUT2D eigenvalue weighted by Gasteiger charge is -2.33. The Morgan fingerprint density at radius 3 is 1.26 bits per heavy atom. The van der Waals surface area contributed by atoms with Crippen LogP contribution in [0.25, 0.3) is 65.7 Å². The van der Waals surface area contributed by atoms with Gasteiger partial charge in [0.25, 0.3) is 0 Å². The molecule has 3 saturated carbocycles. The second kappa shape index (κ2) is 29.1. The second-order valence-electron chi connectivity index (χ2n) is 30.3. The molecule has 0 bridgehead atoms. The van der Waals surface area contributed by atoms with E-state index in [-0.39, 0.29) is 23.7 Å². The minimum absolute atomic E-state index is 0.0405. The highest BCUT2D eigenvalue weighted by Crippen LogP contribution is 2.49. The van der Waals surface area contributed by atoms with Crippen LogP contribution in [0.3, 0.4) is 0 Å². The Bertz CT molecular complexity index is 4920. The molecule has 0 saturated heterocycles. The zero-order valence-electron chi connectivity index (χ0n) is 58.8. The molecular formula is C88H85Cl3O10. The number of fused-ring (bicyclic) bond motifs is 3. The molecule has 0 heterocycles. The number of rotatable bonds is 18. The van der Waals surface area contributed by atoms with Crippen LogP contribution in [0.15, 0.2) is 146 Å². The summed E-state index contributed by atoms with van der Waals surface area (Å²) >= 11 is 19.3. The predicted octanol–water partition coefficient (Wildman–Crippen LogP) is 21.4. The topological polar surface area (TPSA) is 160 Å². The zero-order chi connectivity index (χ0) is 72.0. The molecule has 0 radical (unpaired) electrons. The maximum atomic E-state index is 13.8. The lowest BCUT2D eigenvalue weighted by molar-refractivity contribution is -0.164. The van der Waals surface area contributed by atoms with Gasteiger partial charge >= 0.3 is 17.9 Å². The van der Waals surface area contributed by atoms with Gasteiger partial charge in [0, 0.05) is 60.3 Å². The summed E-state index contributed by atoms with van der Waals surface area (Å²) < 4.78 is 20.0. The Balaban J connectivity index is 0.772. The molecule has 0 spiro atoms. The molecular weight excluding hydrogens is 1320 g/mol. The van der Waals surface area contributed by atoms with Crippen LogP contribution >= 0.6 is 34.8 Å². The maximum absolute atomic E-state index is 13.8. The van der Waals surface area contributed by atoms with Crippen molar-refractivity contribution >= 4 is 85.0 Å². The summed E-state index contributed by atoms with van der Waals surface area (Å²) in [6, 6.07) is 46.4. The van der Waals surface area contributed by atoms with Crippen molar-refractivity contribution in [3.8, 4) is 68.9 Å². The van der Waals surface area contributed by atoms with E-state index in [9.17, 15) is 34.8 Å². The number of hydrogen-bond acceptors (Lipinski definition) is 7. The normalized spacial score (nSPS) is 18.2. The molecule has 13 heteroatoms. The highest BCUT2D eigenvalue weighted by atomic mass is 35.5. The van der Waals surface area contributed by atoms with Crippen molar-refractivity contribution in [3.63, 3.8) is 0 Å². The first-order chi connectivity index (χ1) is 47.9. The zero-order valence-corrected chi connectivity index (χ0v) is 61.1. The fourth-order valence-electron chi connectivity index (χ4n) is 15.5. The highest BCUT2D eigenvalue weighted by molar-refractivity contribution is 6.31. The molecule has 0 aliphatic heterocycles. The van der Waals surface area contributed by atoms with E-state index in [2.05, 4.69) is 35.5 Å². The third-order valence-electron chi connectivity index (χ3n) is 20.1. The van der Waals surface area contributed by atoms with E-state index in [4.69, 9.17) is 49.0 Å². The molecule has 12 rings (SSSR count). The number of aliphatic carboxylic acids is 3. The summed E-state index contributed by atoms with van der Waals surface area (Å²) in [5, 5.41) is 51.1. The summed E-state index contributed by atoms with van der Waals surface area (Å²) in [5.41, 5.74) is 7.38. The van der Waals surface area contributed by atoms with Gasteiger partial charge in [0.05, 0.1) is 16.8 Å². The minimum Gasteiger partial charge on any atom is -0.479 e.